The van der Waals surface area contributed by atoms with Gasteiger partial charge in [-0.25, -0.2) is 0 Å². The van der Waals surface area contributed by atoms with E-state index < -0.39 is 0 Å². The predicted molar refractivity (Wildman–Crippen MR) is 124 cm³/mol. The van der Waals surface area contributed by atoms with Gasteiger partial charge >= 0.3 is 0 Å². The van der Waals surface area contributed by atoms with Crippen LogP contribution in [0.2, 0.25) is 0 Å². The normalized spacial score (nSPS) is 27.4. The number of methoxy groups -OCH3 is 1. The Bertz CT molecular complexity index is 778. The fraction of sp³-hybridized carbons (Fsp3) is 0.680. The Hall–Kier alpha value is -2.12. The number of likely N-dealkylation sites (N-methyl/N-ethyl adjacent to an activating group) is 1. The van der Waals surface area contributed by atoms with Gasteiger partial charge in [0, 0.05) is 44.2 Å². The molecule has 1 saturated carbocycles. The van der Waals surface area contributed by atoms with Gasteiger partial charge < -0.3 is 15.4 Å². The maximum atomic E-state index is 13.0. The van der Waals surface area contributed by atoms with Crippen molar-refractivity contribution in [2.45, 2.75) is 82.1 Å². The van der Waals surface area contributed by atoms with Crippen LogP contribution >= 0.6 is 0 Å². The van der Waals surface area contributed by atoms with E-state index >= 15 is 0 Å². The van der Waals surface area contributed by atoms with Crippen LogP contribution in [0.15, 0.2) is 24.3 Å². The van der Waals surface area contributed by atoms with Crippen molar-refractivity contribution in [3.05, 3.63) is 29.8 Å². The number of fused-ring (bicyclic) bond motifs is 1. The average molecular weight is 443 g/mol. The molecule has 2 N–H and O–H groups in total. The molecular formula is C25H38N4O3. The summed E-state index contributed by atoms with van der Waals surface area (Å²) in [5.41, 5.74) is 1.05. The van der Waals surface area contributed by atoms with Crippen LogP contribution in [-0.4, -0.2) is 73.0 Å². The summed E-state index contributed by atoms with van der Waals surface area (Å²) in [7, 11) is 3.78. The van der Waals surface area contributed by atoms with Gasteiger partial charge in [-0.05, 0) is 50.4 Å². The maximum Gasteiger partial charge on any atom is 0.239 e. The highest BCUT2D eigenvalue weighted by Gasteiger charge is 2.47. The van der Waals surface area contributed by atoms with Crippen molar-refractivity contribution >= 4 is 11.8 Å². The lowest BCUT2D eigenvalue weighted by Gasteiger charge is -2.37. The van der Waals surface area contributed by atoms with Crippen LogP contribution in [0.5, 0.6) is 5.75 Å². The molecule has 0 radical (unpaired) electrons. The van der Waals surface area contributed by atoms with Crippen molar-refractivity contribution in [1.82, 2.24) is 20.4 Å². The molecule has 3 atom stereocenters. The maximum absolute atomic E-state index is 13.0. The second kappa shape index (κ2) is 10.7. The molecule has 0 unspecified atom stereocenters. The van der Waals surface area contributed by atoms with Crippen molar-refractivity contribution in [3.63, 3.8) is 0 Å². The van der Waals surface area contributed by atoms with Crippen LogP contribution in [0, 0.1) is 0 Å². The third kappa shape index (κ3) is 5.26. The Morgan fingerprint density at radius 2 is 1.91 bits per heavy atom. The molecular weight excluding hydrogens is 404 g/mol. The minimum Gasteiger partial charge on any atom is -0.497 e. The minimum atomic E-state index is -0.0444. The highest BCUT2D eigenvalue weighted by Crippen LogP contribution is 2.33. The van der Waals surface area contributed by atoms with E-state index in [0.717, 1.165) is 30.7 Å². The van der Waals surface area contributed by atoms with Crippen molar-refractivity contribution in [2.24, 2.45) is 0 Å². The van der Waals surface area contributed by atoms with E-state index in [1.807, 2.05) is 24.3 Å². The molecule has 2 aliphatic heterocycles. The van der Waals surface area contributed by atoms with Gasteiger partial charge in [0.1, 0.15) is 11.8 Å². The molecule has 3 fully saturated rings. The van der Waals surface area contributed by atoms with E-state index in [9.17, 15) is 9.59 Å². The summed E-state index contributed by atoms with van der Waals surface area (Å²) in [6.07, 6.45) is 8.57. The molecule has 7 nitrogen and oxygen atoms in total. The zero-order chi connectivity index (χ0) is 22.5. The molecule has 0 spiro atoms. The zero-order valence-corrected chi connectivity index (χ0v) is 19.5. The number of carbonyl (C=O) groups is 2. The molecule has 2 amide bonds. The van der Waals surface area contributed by atoms with Gasteiger partial charge in [0.15, 0.2) is 0 Å². The first kappa shape index (κ1) is 23.1. The highest BCUT2D eigenvalue weighted by atomic mass is 16.5. The molecule has 3 aliphatic rings. The largest absolute Gasteiger partial charge is 0.497 e. The number of ether oxygens (including phenoxy) is 1. The third-order valence-electron chi connectivity index (χ3n) is 7.68. The van der Waals surface area contributed by atoms with Crippen LogP contribution < -0.4 is 15.4 Å². The molecule has 32 heavy (non-hydrogen) atoms. The van der Waals surface area contributed by atoms with Gasteiger partial charge in [0.25, 0.3) is 0 Å². The Labute approximate surface area is 191 Å². The van der Waals surface area contributed by atoms with E-state index in [2.05, 4.69) is 27.5 Å². The fourth-order valence-electron chi connectivity index (χ4n) is 5.75. The van der Waals surface area contributed by atoms with Crippen molar-refractivity contribution in [2.75, 3.05) is 27.2 Å². The number of carbonyl (C=O) groups excluding carboxylic acids is 2. The van der Waals surface area contributed by atoms with Gasteiger partial charge in [-0.3, -0.25) is 19.4 Å². The first-order valence-electron chi connectivity index (χ1n) is 12.2. The van der Waals surface area contributed by atoms with E-state index in [1.54, 1.807) is 7.11 Å². The van der Waals surface area contributed by atoms with Crippen LogP contribution in [0.25, 0.3) is 0 Å². The first-order chi connectivity index (χ1) is 15.6. The van der Waals surface area contributed by atoms with Crippen LogP contribution in [-0.2, 0) is 16.1 Å². The van der Waals surface area contributed by atoms with E-state index in [-0.39, 0.29) is 29.9 Å². The Morgan fingerprint density at radius 1 is 1.16 bits per heavy atom. The van der Waals surface area contributed by atoms with Gasteiger partial charge in [-0.2, -0.15) is 0 Å². The van der Waals surface area contributed by atoms with Crippen LogP contribution in [0.3, 0.4) is 0 Å². The van der Waals surface area contributed by atoms with Gasteiger partial charge in [0.2, 0.25) is 11.8 Å². The summed E-state index contributed by atoms with van der Waals surface area (Å²) in [5.74, 6) is 1.04. The summed E-state index contributed by atoms with van der Waals surface area (Å²) < 4.78 is 5.17. The molecule has 4 rings (SSSR count). The Kier molecular flexibility index (Phi) is 7.68. The summed E-state index contributed by atoms with van der Waals surface area (Å²) in [5, 5.41) is 6.21. The molecule has 1 aromatic rings. The fourth-order valence-corrected chi connectivity index (χ4v) is 5.75. The lowest BCUT2D eigenvalue weighted by atomic mass is 9.93. The molecule has 176 valence electrons. The van der Waals surface area contributed by atoms with Crippen LogP contribution in [0.4, 0.5) is 0 Å². The second-order valence-electron chi connectivity index (χ2n) is 9.56. The topological polar surface area (TPSA) is 73.9 Å². The van der Waals surface area contributed by atoms with Gasteiger partial charge in [-0.1, -0.05) is 31.4 Å². The lowest BCUT2D eigenvalue weighted by molar-refractivity contribution is -0.127. The predicted octanol–water partition coefficient (Wildman–Crippen LogP) is 2.30. The van der Waals surface area contributed by atoms with Gasteiger partial charge in [0.05, 0.1) is 7.11 Å². The number of amides is 2. The smallest absolute Gasteiger partial charge is 0.239 e. The lowest BCUT2D eigenvalue weighted by Crippen LogP contribution is -2.53. The highest BCUT2D eigenvalue weighted by molar-refractivity contribution is 5.83. The van der Waals surface area contributed by atoms with Crippen molar-refractivity contribution < 1.29 is 14.3 Å². The standard InChI is InChI=1S/C25H38N4O3/c1-28-20(10-13-23(30)26-16-18-8-11-21(32-2)12-9-18)17-27-25(31)24-22(28)14-15-29(24)19-6-4-3-5-7-19/h8-9,11-12,19-20,22,24H,3-7,10,13-17H2,1-2H3,(H,26,30)(H,27,31)/t20-,22+,24-/m0/s1. The van der Waals surface area contributed by atoms with Crippen molar-refractivity contribution in [3.8, 4) is 5.75 Å². The zero-order valence-electron chi connectivity index (χ0n) is 19.5. The number of rotatable bonds is 7. The average Bonchev–Trinajstić information content (AvgIpc) is 3.24. The van der Waals surface area contributed by atoms with E-state index in [4.69, 9.17) is 4.74 Å². The number of nitrogens with one attached hydrogen (secondary N) is 2. The summed E-state index contributed by atoms with van der Waals surface area (Å²) in [6.45, 7) is 2.14. The Morgan fingerprint density at radius 3 is 2.62 bits per heavy atom. The molecule has 0 bridgehead atoms. The number of likely N-dealkylation sites (tertiary alicyclic amines) is 1. The molecule has 7 heteroatoms. The van der Waals surface area contributed by atoms with E-state index in [0.29, 0.717) is 25.6 Å². The third-order valence-corrected chi connectivity index (χ3v) is 7.68. The molecule has 0 aromatic heterocycles. The Balaban J connectivity index is 1.29. The number of nitrogens with zero attached hydrogens (tertiary/aromatic N) is 2. The molecule has 2 saturated heterocycles. The number of benzene rings is 1. The minimum absolute atomic E-state index is 0.0444. The van der Waals surface area contributed by atoms with Crippen LogP contribution in [0.1, 0.15) is 56.9 Å². The summed E-state index contributed by atoms with van der Waals surface area (Å²) >= 11 is 0. The van der Waals surface area contributed by atoms with E-state index in [1.165, 1.54) is 32.1 Å². The molecule has 2 heterocycles. The quantitative estimate of drug-likeness (QED) is 0.678. The van der Waals surface area contributed by atoms with Gasteiger partial charge in [-0.15, -0.1) is 0 Å². The number of hydrogen-bond donors (Lipinski definition) is 2. The first-order valence-corrected chi connectivity index (χ1v) is 12.2. The second-order valence-corrected chi connectivity index (χ2v) is 9.56. The number of hydrogen-bond acceptors (Lipinski definition) is 5. The summed E-state index contributed by atoms with van der Waals surface area (Å²) in [4.78, 5) is 30.4. The SMILES string of the molecule is COc1ccc(CNC(=O)CC[C@H]2CNC(=O)[C@@H]3[C@@H](CCN3C3CCCCC3)N2C)cc1. The molecule has 1 aromatic carbocycles. The molecule has 1 aliphatic carbocycles. The van der Waals surface area contributed by atoms with Crippen molar-refractivity contribution in [1.29, 1.82) is 0 Å². The summed E-state index contributed by atoms with van der Waals surface area (Å²) in [6, 6.07) is 8.67. The monoisotopic (exact) mass is 442 g/mol.